The molecule has 3 atom stereocenters. The molecule has 0 unspecified atom stereocenters. The van der Waals surface area contributed by atoms with Crippen LogP contribution in [0.4, 0.5) is 0 Å². The number of hydrogen-bond donors (Lipinski definition) is 3. The van der Waals surface area contributed by atoms with Crippen molar-refractivity contribution >= 4 is 5.76 Å². The molecule has 0 saturated carbocycles. The Hall–Kier alpha value is -2.22. The summed E-state index contributed by atoms with van der Waals surface area (Å²) in [6.07, 6.45) is -2.03. The summed E-state index contributed by atoms with van der Waals surface area (Å²) in [5.41, 5.74) is 0.781. The monoisotopic (exact) mass is 290 g/mol. The van der Waals surface area contributed by atoms with Crippen molar-refractivity contribution in [1.29, 1.82) is 0 Å². The third-order valence-electron chi connectivity index (χ3n) is 3.18. The molecule has 0 spiro atoms. The first-order valence-corrected chi connectivity index (χ1v) is 6.44. The minimum Gasteiger partial charge on any atom is -0.480 e. The molecule has 2 aromatic rings. The first-order chi connectivity index (χ1) is 10.2. The van der Waals surface area contributed by atoms with E-state index >= 15 is 0 Å². The molecule has 1 aromatic heterocycles. The Balaban J connectivity index is 1.88. The zero-order valence-electron chi connectivity index (χ0n) is 11.0. The van der Waals surface area contributed by atoms with Crippen LogP contribution in [0.25, 0.3) is 17.1 Å². The van der Waals surface area contributed by atoms with Gasteiger partial charge in [-0.2, -0.15) is 4.98 Å². The molecule has 1 aromatic carbocycles. The molecule has 0 aliphatic carbocycles. The maximum Gasteiger partial charge on any atom is 0.293 e. The molecule has 110 valence electrons. The van der Waals surface area contributed by atoms with Crippen molar-refractivity contribution in [3.05, 3.63) is 42.3 Å². The molecule has 7 nitrogen and oxygen atoms in total. The van der Waals surface area contributed by atoms with Crippen molar-refractivity contribution in [1.82, 2.24) is 10.1 Å². The van der Waals surface area contributed by atoms with E-state index in [1.807, 2.05) is 30.3 Å². The quantitative estimate of drug-likeness (QED) is 0.740. The molecule has 7 heteroatoms. The fraction of sp³-hybridized carbons (Fsp3) is 0.286. The van der Waals surface area contributed by atoms with Gasteiger partial charge in [0.2, 0.25) is 5.82 Å². The van der Waals surface area contributed by atoms with Crippen LogP contribution in [0, 0.1) is 0 Å². The Morgan fingerprint density at radius 1 is 1.14 bits per heavy atom. The zero-order valence-corrected chi connectivity index (χ0v) is 11.0. The van der Waals surface area contributed by atoms with Crippen LogP contribution < -0.4 is 0 Å². The van der Waals surface area contributed by atoms with Crippen LogP contribution in [0.2, 0.25) is 0 Å². The summed E-state index contributed by atoms with van der Waals surface area (Å²) in [5, 5.41) is 32.3. The van der Waals surface area contributed by atoms with Gasteiger partial charge in [0.25, 0.3) is 5.89 Å². The normalized spacial score (nSPS) is 25.3. The van der Waals surface area contributed by atoms with E-state index in [4.69, 9.17) is 14.4 Å². The molecular weight excluding hydrogens is 276 g/mol. The summed E-state index contributed by atoms with van der Waals surface area (Å²) in [7, 11) is 0. The number of aromatic nitrogens is 2. The molecule has 0 radical (unpaired) electrons. The van der Waals surface area contributed by atoms with Gasteiger partial charge in [-0.3, -0.25) is 0 Å². The number of aliphatic hydroxyl groups is 3. The highest BCUT2D eigenvalue weighted by Gasteiger charge is 2.34. The van der Waals surface area contributed by atoms with Crippen molar-refractivity contribution in [2.75, 3.05) is 6.61 Å². The molecule has 0 bridgehead atoms. The average Bonchev–Trinajstić information content (AvgIpc) is 3.00. The molecule has 2 heterocycles. The highest BCUT2D eigenvalue weighted by atomic mass is 16.5. The summed E-state index contributed by atoms with van der Waals surface area (Å²) in [6, 6.07) is 9.24. The van der Waals surface area contributed by atoms with E-state index in [9.17, 15) is 10.2 Å². The topological polar surface area (TPSA) is 109 Å². The smallest absolute Gasteiger partial charge is 0.293 e. The minimum absolute atomic E-state index is 0.0817. The maximum absolute atomic E-state index is 9.73. The number of aliphatic hydroxyl groups excluding tert-OH is 3. The minimum atomic E-state index is -1.20. The van der Waals surface area contributed by atoms with Crippen molar-refractivity contribution in [2.24, 2.45) is 0 Å². The summed E-state index contributed by atoms with van der Waals surface area (Å²) in [5.74, 6) is 0.607. The highest BCUT2D eigenvalue weighted by Crippen LogP contribution is 2.26. The second-order valence-corrected chi connectivity index (χ2v) is 4.64. The lowest BCUT2D eigenvalue weighted by Crippen LogP contribution is -2.43. The number of nitrogens with zero attached hydrogens (tertiary/aromatic N) is 2. The summed E-state index contributed by atoms with van der Waals surface area (Å²) >= 11 is 0. The fourth-order valence-corrected chi connectivity index (χ4v) is 2.04. The van der Waals surface area contributed by atoms with E-state index in [2.05, 4.69) is 10.1 Å². The van der Waals surface area contributed by atoms with Crippen LogP contribution in [0.3, 0.4) is 0 Å². The Morgan fingerprint density at radius 2 is 1.90 bits per heavy atom. The van der Waals surface area contributed by atoms with Crippen molar-refractivity contribution in [3.8, 4) is 11.4 Å². The van der Waals surface area contributed by atoms with Gasteiger partial charge in [0.15, 0.2) is 11.9 Å². The van der Waals surface area contributed by atoms with Gasteiger partial charge < -0.3 is 24.6 Å². The van der Waals surface area contributed by atoms with Gasteiger partial charge in [-0.25, -0.2) is 0 Å². The van der Waals surface area contributed by atoms with Gasteiger partial charge in [-0.1, -0.05) is 35.5 Å². The van der Waals surface area contributed by atoms with Gasteiger partial charge in [0.05, 0.1) is 6.61 Å². The second kappa shape index (κ2) is 5.65. The van der Waals surface area contributed by atoms with Crippen LogP contribution in [0.1, 0.15) is 5.89 Å². The Morgan fingerprint density at radius 3 is 2.62 bits per heavy atom. The summed E-state index contributed by atoms with van der Waals surface area (Å²) in [6.45, 7) is -0.435. The molecule has 0 fully saturated rings. The standard InChI is InChI=1S/C14H14N2O5/c17-7-11-12(19)9(18)6-10(20-11)14-15-13(16-21-14)8-4-2-1-3-5-8/h1-6,9,11-12,17-19H,7H2/t9-,11-,12+/m1/s1. The van der Waals surface area contributed by atoms with Gasteiger partial charge in [0.1, 0.15) is 12.2 Å². The van der Waals surface area contributed by atoms with Crippen LogP contribution in [0.5, 0.6) is 0 Å². The first kappa shape index (κ1) is 13.7. The Kier molecular flexibility index (Phi) is 3.70. The Labute approximate surface area is 120 Å². The molecule has 21 heavy (non-hydrogen) atoms. The molecule has 0 amide bonds. The molecule has 3 N–H and O–H groups in total. The van der Waals surface area contributed by atoms with Crippen molar-refractivity contribution < 1.29 is 24.6 Å². The van der Waals surface area contributed by atoms with E-state index < -0.39 is 24.9 Å². The third kappa shape index (κ3) is 2.66. The predicted molar refractivity (Wildman–Crippen MR) is 71.7 cm³/mol. The number of ether oxygens (including phenoxy) is 1. The van der Waals surface area contributed by atoms with E-state index in [-0.39, 0.29) is 11.6 Å². The summed E-state index contributed by atoms with van der Waals surface area (Å²) in [4.78, 5) is 4.19. The lowest BCUT2D eigenvalue weighted by Gasteiger charge is -2.29. The number of hydrogen-bond acceptors (Lipinski definition) is 7. The van der Waals surface area contributed by atoms with Crippen LogP contribution >= 0.6 is 0 Å². The first-order valence-electron chi connectivity index (χ1n) is 6.44. The van der Waals surface area contributed by atoms with Gasteiger partial charge in [0, 0.05) is 5.56 Å². The summed E-state index contributed by atoms with van der Waals surface area (Å²) < 4.78 is 10.5. The highest BCUT2D eigenvalue weighted by molar-refractivity contribution is 5.59. The maximum atomic E-state index is 9.73. The molecule has 1 aliphatic rings. The molecular formula is C14H14N2O5. The second-order valence-electron chi connectivity index (χ2n) is 4.64. The van der Waals surface area contributed by atoms with E-state index in [0.717, 1.165) is 5.56 Å². The molecule has 0 saturated heterocycles. The third-order valence-corrected chi connectivity index (χ3v) is 3.18. The van der Waals surface area contributed by atoms with E-state index in [1.165, 1.54) is 6.08 Å². The largest absolute Gasteiger partial charge is 0.480 e. The van der Waals surface area contributed by atoms with Crippen LogP contribution in [0.15, 0.2) is 40.9 Å². The van der Waals surface area contributed by atoms with E-state index in [1.54, 1.807) is 0 Å². The SMILES string of the molecule is OC[C@H]1OC(c2nc(-c3ccccc3)no2)=C[C@@H](O)[C@@H]1O. The Bertz CT molecular complexity index is 640. The van der Waals surface area contributed by atoms with Crippen LogP contribution in [-0.2, 0) is 4.74 Å². The lowest BCUT2D eigenvalue weighted by atomic mass is 10.0. The van der Waals surface area contributed by atoms with Crippen LogP contribution in [-0.4, -0.2) is 50.4 Å². The zero-order chi connectivity index (χ0) is 14.8. The fourth-order valence-electron chi connectivity index (χ4n) is 2.04. The van der Waals surface area contributed by atoms with Gasteiger partial charge in [-0.05, 0) is 6.08 Å². The molecule has 3 rings (SSSR count). The van der Waals surface area contributed by atoms with Gasteiger partial charge >= 0.3 is 0 Å². The molecule has 1 aliphatic heterocycles. The van der Waals surface area contributed by atoms with E-state index in [0.29, 0.717) is 5.82 Å². The van der Waals surface area contributed by atoms with Crippen molar-refractivity contribution in [3.63, 3.8) is 0 Å². The average molecular weight is 290 g/mol. The predicted octanol–water partition coefficient (Wildman–Crippen LogP) is 0.190. The number of benzene rings is 1. The number of rotatable bonds is 3. The lowest BCUT2D eigenvalue weighted by molar-refractivity contribution is -0.0735. The van der Waals surface area contributed by atoms with Gasteiger partial charge in [-0.15, -0.1) is 0 Å². The van der Waals surface area contributed by atoms with Crippen molar-refractivity contribution in [2.45, 2.75) is 18.3 Å².